The predicted molar refractivity (Wildman–Crippen MR) is 106 cm³/mol. The summed E-state index contributed by atoms with van der Waals surface area (Å²) in [7, 11) is -5.73. The van der Waals surface area contributed by atoms with Gasteiger partial charge >= 0.3 is 0 Å². The Morgan fingerprint density at radius 1 is 1.04 bits per heavy atom. The summed E-state index contributed by atoms with van der Waals surface area (Å²) in [6, 6.07) is 12.6. The van der Waals surface area contributed by atoms with Crippen molar-refractivity contribution in [2.75, 3.05) is 31.3 Å². The molecule has 28 heavy (non-hydrogen) atoms. The number of carbonyl (C=O) groups excluding carboxylic acids is 1. The van der Waals surface area contributed by atoms with Crippen molar-refractivity contribution < 1.29 is 21.6 Å². The maximum atomic E-state index is 12.8. The van der Waals surface area contributed by atoms with Crippen molar-refractivity contribution in [3.63, 3.8) is 0 Å². The van der Waals surface area contributed by atoms with E-state index in [1.54, 1.807) is 30.3 Å². The molecule has 0 radical (unpaired) electrons. The maximum Gasteiger partial charge on any atom is 0.243 e. The summed E-state index contributed by atoms with van der Waals surface area (Å²) in [6.45, 7) is 0.160. The van der Waals surface area contributed by atoms with Crippen LogP contribution in [0.1, 0.15) is 12.0 Å². The number of nitrogens with zero attached hydrogens (tertiary/aromatic N) is 2. The van der Waals surface area contributed by atoms with Gasteiger partial charge in [-0.25, -0.2) is 16.8 Å². The number of amides is 1. The Labute approximate surface area is 165 Å². The van der Waals surface area contributed by atoms with Crippen LogP contribution in [-0.4, -0.2) is 53.4 Å². The summed E-state index contributed by atoms with van der Waals surface area (Å²) in [4.78, 5) is 14.7. The zero-order chi connectivity index (χ0) is 20.5. The van der Waals surface area contributed by atoms with Crippen molar-refractivity contribution in [3.05, 3.63) is 54.1 Å². The van der Waals surface area contributed by atoms with Gasteiger partial charge in [-0.2, -0.15) is 4.31 Å². The Hall–Kier alpha value is -2.23. The van der Waals surface area contributed by atoms with Crippen LogP contribution in [0.15, 0.2) is 58.3 Å². The molecule has 0 atom stereocenters. The number of benzene rings is 2. The molecule has 1 aliphatic rings. The number of hydrogen-bond acceptors (Lipinski definition) is 5. The highest BCUT2D eigenvalue weighted by molar-refractivity contribution is 7.90. The summed E-state index contributed by atoms with van der Waals surface area (Å²) >= 11 is 0. The minimum atomic E-state index is -3.77. The number of rotatable bonds is 5. The average molecular weight is 423 g/mol. The van der Waals surface area contributed by atoms with Crippen molar-refractivity contribution in [1.82, 2.24) is 4.31 Å². The first kappa shape index (κ1) is 20.5. The molecular formula is C19H22N2O5S2. The van der Waals surface area contributed by atoms with Crippen molar-refractivity contribution >= 4 is 31.5 Å². The first-order valence-electron chi connectivity index (χ1n) is 8.75. The molecule has 0 saturated carbocycles. The maximum absolute atomic E-state index is 12.8. The van der Waals surface area contributed by atoms with E-state index < -0.39 is 19.9 Å². The first-order valence-corrected chi connectivity index (χ1v) is 12.1. The molecule has 0 saturated heterocycles. The molecule has 150 valence electrons. The van der Waals surface area contributed by atoms with Crippen molar-refractivity contribution in [2.24, 2.45) is 0 Å². The molecule has 2 aromatic rings. The van der Waals surface area contributed by atoms with Gasteiger partial charge in [-0.1, -0.05) is 18.2 Å². The summed E-state index contributed by atoms with van der Waals surface area (Å²) in [5.41, 5.74) is 1.41. The molecule has 0 bridgehead atoms. The average Bonchev–Trinajstić information content (AvgIpc) is 2.66. The first-order chi connectivity index (χ1) is 13.1. The van der Waals surface area contributed by atoms with Crippen LogP contribution in [-0.2, 0) is 31.1 Å². The van der Waals surface area contributed by atoms with Crippen molar-refractivity contribution in [3.8, 4) is 0 Å². The molecule has 0 spiro atoms. The fraction of sp³-hybridized carbons (Fsp3) is 0.316. The van der Waals surface area contributed by atoms with Gasteiger partial charge in [0.25, 0.3) is 0 Å². The van der Waals surface area contributed by atoms with Crippen molar-refractivity contribution in [1.29, 1.82) is 0 Å². The number of sulfone groups is 1. The van der Waals surface area contributed by atoms with E-state index in [2.05, 4.69) is 0 Å². The third-order valence-corrected chi connectivity index (χ3v) is 7.64. The lowest BCUT2D eigenvalue weighted by atomic mass is 10.0. The quantitative estimate of drug-likeness (QED) is 0.731. The Kier molecular flexibility index (Phi) is 5.60. The lowest BCUT2D eigenvalue weighted by Crippen LogP contribution is -2.43. The molecule has 3 rings (SSSR count). The van der Waals surface area contributed by atoms with E-state index in [1.165, 1.54) is 30.1 Å². The second-order valence-corrected chi connectivity index (χ2v) is 10.8. The summed E-state index contributed by atoms with van der Waals surface area (Å²) in [6.07, 6.45) is 2.49. The number of likely N-dealkylation sites (N-methyl/N-ethyl adjacent to an activating group) is 1. The Bertz CT molecular complexity index is 1100. The van der Waals surface area contributed by atoms with Gasteiger partial charge in [0, 0.05) is 25.5 Å². The summed E-state index contributed by atoms with van der Waals surface area (Å²) in [5, 5.41) is 0. The van der Waals surface area contributed by atoms with Crippen LogP contribution < -0.4 is 4.90 Å². The van der Waals surface area contributed by atoms with Crippen molar-refractivity contribution in [2.45, 2.75) is 22.6 Å². The highest BCUT2D eigenvalue weighted by Crippen LogP contribution is 2.30. The molecule has 9 heteroatoms. The van der Waals surface area contributed by atoms with Crippen LogP contribution in [0.3, 0.4) is 0 Å². The van der Waals surface area contributed by atoms with Gasteiger partial charge in [0.15, 0.2) is 9.84 Å². The van der Waals surface area contributed by atoms with Crippen LogP contribution in [0, 0.1) is 0 Å². The molecular weight excluding hydrogens is 400 g/mol. The Balaban J connectivity index is 1.83. The van der Waals surface area contributed by atoms with Crippen LogP contribution in [0.4, 0.5) is 5.69 Å². The number of sulfonamides is 1. The number of fused-ring (bicyclic) bond motifs is 1. The van der Waals surface area contributed by atoms with E-state index in [9.17, 15) is 21.6 Å². The lowest BCUT2D eigenvalue weighted by Gasteiger charge is -2.31. The topological polar surface area (TPSA) is 91.8 Å². The third-order valence-electron chi connectivity index (χ3n) is 4.71. The Morgan fingerprint density at radius 3 is 2.36 bits per heavy atom. The van der Waals surface area contributed by atoms with E-state index in [1.807, 2.05) is 0 Å². The van der Waals surface area contributed by atoms with E-state index in [4.69, 9.17) is 0 Å². The van der Waals surface area contributed by atoms with Gasteiger partial charge in [0.2, 0.25) is 15.9 Å². The predicted octanol–water partition coefficient (Wildman–Crippen LogP) is 1.69. The SMILES string of the molecule is CN(CC(=O)N1CCCc2cc(S(C)(=O)=O)ccc21)S(=O)(=O)c1ccccc1. The molecule has 1 heterocycles. The second kappa shape index (κ2) is 7.65. The third kappa shape index (κ3) is 4.11. The lowest BCUT2D eigenvalue weighted by molar-refractivity contribution is -0.118. The molecule has 0 unspecified atom stereocenters. The van der Waals surface area contributed by atoms with Gasteiger partial charge in [0.05, 0.1) is 16.3 Å². The minimum Gasteiger partial charge on any atom is -0.311 e. The van der Waals surface area contributed by atoms with Gasteiger partial charge in [-0.3, -0.25) is 4.79 Å². The van der Waals surface area contributed by atoms with E-state index in [-0.39, 0.29) is 22.2 Å². The normalized spacial score (nSPS) is 14.8. The monoisotopic (exact) mass is 422 g/mol. The minimum absolute atomic E-state index is 0.127. The van der Waals surface area contributed by atoms with Crippen LogP contribution in [0.5, 0.6) is 0 Å². The van der Waals surface area contributed by atoms with E-state index in [0.717, 1.165) is 16.1 Å². The molecule has 0 N–H and O–H groups in total. The zero-order valence-electron chi connectivity index (χ0n) is 15.7. The zero-order valence-corrected chi connectivity index (χ0v) is 17.3. The van der Waals surface area contributed by atoms with Gasteiger partial charge < -0.3 is 4.90 Å². The van der Waals surface area contributed by atoms with Crippen LogP contribution in [0.2, 0.25) is 0 Å². The van der Waals surface area contributed by atoms with Gasteiger partial charge in [-0.15, -0.1) is 0 Å². The number of aryl methyl sites for hydroxylation is 1. The molecule has 0 aromatic heterocycles. The fourth-order valence-corrected chi connectivity index (χ4v) is 5.01. The van der Waals surface area contributed by atoms with E-state index in [0.29, 0.717) is 25.1 Å². The van der Waals surface area contributed by atoms with Gasteiger partial charge in [-0.05, 0) is 48.7 Å². The number of carbonyl (C=O) groups is 1. The summed E-state index contributed by atoms with van der Waals surface area (Å²) in [5.74, 6) is -0.352. The molecule has 0 aliphatic carbocycles. The second-order valence-electron chi connectivity index (χ2n) is 6.79. The van der Waals surface area contributed by atoms with Gasteiger partial charge in [0.1, 0.15) is 0 Å². The molecule has 7 nitrogen and oxygen atoms in total. The smallest absolute Gasteiger partial charge is 0.243 e. The highest BCUT2D eigenvalue weighted by atomic mass is 32.2. The highest BCUT2D eigenvalue weighted by Gasteiger charge is 2.28. The van der Waals surface area contributed by atoms with E-state index >= 15 is 0 Å². The van der Waals surface area contributed by atoms with Crippen LogP contribution in [0.25, 0.3) is 0 Å². The number of hydrogen-bond donors (Lipinski definition) is 0. The fourth-order valence-electron chi connectivity index (χ4n) is 3.20. The summed E-state index contributed by atoms with van der Waals surface area (Å²) < 4.78 is 49.9. The largest absolute Gasteiger partial charge is 0.311 e. The molecule has 0 fully saturated rings. The number of anilines is 1. The molecule has 1 aliphatic heterocycles. The Morgan fingerprint density at radius 2 is 1.71 bits per heavy atom. The molecule has 2 aromatic carbocycles. The standard InChI is InChI=1S/C19H22N2O5S2/c1-20(28(25,26)16-8-4-3-5-9-16)14-19(22)21-12-6-7-15-13-17(27(2,23)24)10-11-18(15)21/h3-5,8-11,13H,6-7,12,14H2,1-2H3. The van der Waals surface area contributed by atoms with Crippen LogP contribution >= 0.6 is 0 Å². The molecule has 1 amide bonds.